The third kappa shape index (κ3) is 3.52. The van der Waals surface area contributed by atoms with Gasteiger partial charge in [-0.05, 0) is 30.5 Å². The molecule has 0 fully saturated rings. The number of rotatable bonds is 5. The molecule has 0 bridgehead atoms. The van der Waals surface area contributed by atoms with Gasteiger partial charge < -0.3 is 15.4 Å². The number of thiophene rings is 1. The van der Waals surface area contributed by atoms with Gasteiger partial charge in [0.05, 0.1) is 18.4 Å². The van der Waals surface area contributed by atoms with Crippen molar-refractivity contribution < 1.29 is 9.53 Å². The van der Waals surface area contributed by atoms with Crippen molar-refractivity contribution in [1.29, 1.82) is 5.26 Å². The van der Waals surface area contributed by atoms with Crippen molar-refractivity contribution in [1.82, 2.24) is 0 Å². The number of nitrogens with one attached hydrogen (secondary N) is 2. The maximum Gasteiger partial charge on any atom is 0.247 e. The maximum atomic E-state index is 12.2. The topological polar surface area (TPSA) is 74.2 Å². The van der Waals surface area contributed by atoms with E-state index in [1.807, 2.05) is 30.3 Å². The summed E-state index contributed by atoms with van der Waals surface area (Å²) in [7, 11) is 1.58. The molecule has 5 nitrogen and oxygen atoms in total. The highest BCUT2D eigenvalue weighted by Gasteiger charge is 2.16. The predicted octanol–water partition coefficient (Wildman–Crippen LogP) is 3.07. The van der Waals surface area contributed by atoms with Crippen LogP contribution < -0.4 is 15.4 Å². The van der Waals surface area contributed by atoms with Gasteiger partial charge >= 0.3 is 0 Å². The van der Waals surface area contributed by atoms with Crippen LogP contribution >= 0.6 is 11.3 Å². The average Bonchev–Trinajstić information content (AvgIpc) is 2.94. The second-order valence-electron chi connectivity index (χ2n) is 4.33. The quantitative estimate of drug-likeness (QED) is 0.890. The highest BCUT2D eigenvalue weighted by atomic mass is 32.1. The molecule has 2 N–H and O–H groups in total. The summed E-state index contributed by atoms with van der Waals surface area (Å²) >= 11 is 1.33. The number of carbonyl (C=O) groups excluding carboxylic acids is 1. The van der Waals surface area contributed by atoms with Crippen LogP contribution in [-0.2, 0) is 4.79 Å². The Morgan fingerprint density at radius 1 is 1.38 bits per heavy atom. The van der Waals surface area contributed by atoms with E-state index in [2.05, 4.69) is 10.6 Å². The molecule has 0 aliphatic heterocycles. The van der Waals surface area contributed by atoms with Crippen LogP contribution in [0.1, 0.15) is 12.5 Å². The van der Waals surface area contributed by atoms with E-state index in [0.29, 0.717) is 16.3 Å². The van der Waals surface area contributed by atoms with Crippen LogP contribution in [0.4, 0.5) is 10.7 Å². The predicted molar refractivity (Wildman–Crippen MR) is 83.7 cm³/mol. The molecule has 2 aromatic rings. The van der Waals surface area contributed by atoms with Crippen LogP contribution in [0.5, 0.6) is 5.75 Å². The molecule has 1 heterocycles. The number of carbonyl (C=O) groups is 1. The Morgan fingerprint density at radius 3 is 2.86 bits per heavy atom. The van der Waals surface area contributed by atoms with Crippen LogP contribution in [0.2, 0.25) is 0 Å². The molecule has 0 unspecified atom stereocenters. The summed E-state index contributed by atoms with van der Waals surface area (Å²) < 4.78 is 5.23. The SMILES string of the molecule is COc1ccccc1N[C@@H](C)C(=O)Nc1sccc1C#N. The van der Waals surface area contributed by atoms with Crippen LogP contribution in [0.15, 0.2) is 35.7 Å². The summed E-state index contributed by atoms with van der Waals surface area (Å²) in [4.78, 5) is 12.2. The summed E-state index contributed by atoms with van der Waals surface area (Å²) in [5.41, 5.74) is 1.21. The molecule has 0 aliphatic carbocycles. The Hall–Kier alpha value is -2.52. The van der Waals surface area contributed by atoms with Crippen LogP contribution in [-0.4, -0.2) is 19.1 Å². The Labute approximate surface area is 127 Å². The lowest BCUT2D eigenvalue weighted by Crippen LogP contribution is -2.31. The number of benzene rings is 1. The molecule has 0 radical (unpaired) electrons. The van der Waals surface area contributed by atoms with E-state index in [-0.39, 0.29) is 5.91 Å². The van der Waals surface area contributed by atoms with Crippen molar-refractivity contribution >= 4 is 27.9 Å². The van der Waals surface area contributed by atoms with Gasteiger partial charge in [0.2, 0.25) is 5.91 Å². The molecule has 1 aromatic heterocycles. The van der Waals surface area contributed by atoms with Gasteiger partial charge in [-0.25, -0.2) is 0 Å². The number of hydrogen-bond donors (Lipinski definition) is 2. The van der Waals surface area contributed by atoms with E-state index in [1.54, 1.807) is 25.5 Å². The minimum absolute atomic E-state index is 0.208. The lowest BCUT2D eigenvalue weighted by atomic mass is 10.2. The number of methoxy groups -OCH3 is 1. The molecular formula is C15H15N3O2S. The Bertz CT molecular complexity index is 676. The lowest BCUT2D eigenvalue weighted by molar-refractivity contribution is -0.116. The van der Waals surface area contributed by atoms with Gasteiger partial charge in [-0.3, -0.25) is 4.79 Å². The first-order valence-electron chi connectivity index (χ1n) is 6.33. The van der Waals surface area contributed by atoms with Gasteiger partial charge in [0, 0.05) is 0 Å². The van der Waals surface area contributed by atoms with Gasteiger partial charge in [-0.1, -0.05) is 12.1 Å². The summed E-state index contributed by atoms with van der Waals surface area (Å²) in [5.74, 6) is 0.464. The van der Waals surface area contributed by atoms with Crippen molar-refractivity contribution in [3.8, 4) is 11.8 Å². The Kier molecular flexibility index (Phi) is 4.80. The molecule has 2 rings (SSSR count). The number of ether oxygens (including phenoxy) is 1. The van der Waals surface area contributed by atoms with Crippen molar-refractivity contribution in [2.24, 2.45) is 0 Å². The molecule has 1 atom stereocenters. The lowest BCUT2D eigenvalue weighted by Gasteiger charge is -2.16. The van der Waals surface area contributed by atoms with Crippen LogP contribution in [0.3, 0.4) is 0 Å². The summed E-state index contributed by atoms with van der Waals surface area (Å²) in [5, 5.41) is 17.1. The fourth-order valence-corrected chi connectivity index (χ4v) is 2.52. The molecule has 1 amide bonds. The van der Waals surface area contributed by atoms with Crippen molar-refractivity contribution in [2.45, 2.75) is 13.0 Å². The largest absolute Gasteiger partial charge is 0.495 e. The monoisotopic (exact) mass is 301 g/mol. The summed E-state index contributed by atoms with van der Waals surface area (Å²) in [6.45, 7) is 1.75. The molecule has 6 heteroatoms. The first-order valence-corrected chi connectivity index (χ1v) is 7.21. The summed E-state index contributed by atoms with van der Waals surface area (Å²) in [6, 6.07) is 10.6. The van der Waals surface area contributed by atoms with Gasteiger partial charge in [-0.2, -0.15) is 5.26 Å². The number of nitrogens with zero attached hydrogens (tertiary/aromatic N) is 1. The van der Waals surface area contributed by atoms with Gasteiger partial charge in [-0.15, -0.1) is 11.3 Å². The number of anilines is 2. The van der Waals surface area contributed by atoms with Crippen molar-refractivity contribution in [3.63, 3.8) is 0 Å². The minimum atomic E-state index is -0.463. The van der Waals surface area contributed by atoms with E-state index in [9.17, 15) is 4.79 Å². The number of nitriles is 1. The highest BCUT2D eigenvalue weighted by Crippen LogP contribution is 2.25. The number of para-hydroxylation sites is 2. The molecular weight excluding hydrogens is 286 g/mol. The normalized spacial score (nSPS) is 11.3. The van der Waals surface area contributed by atoms with E-state index in [4.69, 9.17) is 10.00 Å². The molecule has 21 heavy (non-hydrogen) atoms. The third-order valence-electron chi connectivity index (χ3n) is 2.89. The van der Waals surface area contributed by atoms with Crippen LogP contribution in [0, 0.1) is 11.3 Å². The van der Waals surface area contributed by atoms with E-state index in [0.717, 1.165) is 5.69 Å². The molecule has 0 aliphatic rings. The molecule has 1 aromatic carbocycles. The molecule has 0 saturated carbocycles. The van der Waals surface area contributed by atoms with Crippen molar-refractivity contribution in [2.75, 3.05) is 17.7 Å². The zero-order valence-corrected chi connectivity index (χ0v) is 12.5. The highest BCUT2D eigenvalue weighted by molar-refractivity contribution is 7.14. The van der Waals surface area contributed by atoms with Crippen molar-refractivity contribution in [3.05, 3.63) is 41.3 Å². The zero-order valence-electron chi connectivity index (χ0n) is 11.7. The van der Waals surface area contributed by atoms with Crippen LogP contribution in [0.25, 0.3) is 0 Å². The second-order valence-corrected chi connectivity index (χ2v) is 5.25. The zero-order chi connectivity index (χ0) is 15.2. The average molecular weight is 301 g/mol. The van der Waals surface area contributed by atoms with E-state index >= 15 is 0 Å². The fourth-order valence-electron chi connectivity index (χ4n) is 1.78. The summed E-state index contributed by atoms with van der Waals surface area (Å²) in [6.07, 6.45) is 0. The smallest absolute Gasteiger partial charge is 0.247 e. The van der Waals surface area contributed by atoms with Gasteiger partial charge in [0.15, 0.2) is 0 Å². The Morgan fingerprint density at radius 2 is 2.14 bits per heavy atom. The first kappa shape index (κ1) is 14.9. The van der Waals surface area contributed by atoms with E-state index < -0.39 is 6.04 Å². The molecule has 108 valence electrons. The maximum absolute atomic E-state index is 12.2. The number of amides is 1. The molecule has 0 saturated heterocycles. The Balaban J connectivity index is 2.05. The number of hydrogen-bond acceptors (Lipinski definition) is 5. The third-order valence-corrected chi connectivity index (χ3v) is 3.72. The molecule has 0 spiro atoms. The second kappa shape index (κ2) is 6.77. The minimum Gasteiger partial charge on any atom is -0.495 e. The van der Waals surface area contributed by atoms with Gasteiger partial charge in [0.25, 0.3) is 0 Å². The first-order chi connectivity index (χ1) is 10.2. The van der Waals surface area contributed by atoms with Gasteiger partial charge in [0.1, 0.15) is 22.9 Å². The standard InChI is InChI=1S/C15H15N3O2S/c1-10(17-12-5-3-4-6-13(12)20-2)14(19)18-15-11(9-16)7-8-21-15/h3-8,10,17H,1-2H3,(H,18,19)/t10-/m0/s1. The van der Waals surface area contributed by atoms with E-state index in [1.165, 1.54) is 11.3 Å². The fraction of sp³-hybridized carbons (Fsp3) is 0.200.